The number of nitrogens with two attached hydrogens (primary N) is 1. The van der Waals surface area contributed by atoms with Gasteiger partial charge in [-0.15, -0.1) is 5.10 Å². The molecule has 15 heteroatoms. The summed E-state index contributed by atoms with van der Waals surface area (Å²) in [6, 6.07) is 0. The molecule has 3 rings (SSSR count). The Labute approximate surface area is 247 Å². The van der Waals surface area contributed by atoms with Crippen molar-refractivity contribution in [3.8, 4) is 0 Å². The number of nitrogens with zero attached hydrogens (tertiary/aromatic N) is 3. The maximum Gasteiger partial charge on any atom is 0.292 e. The maximum atomic E-state index is 12.9. The summed E-state index contributed by atoms with van der Waals surface area (Å²) < 4.78 is 64.7. The van der Waals surface area contributed by atoms with E-state index in [1.807, 2.05) is 13.8 Å². The molecule has 12 nitrogen and oxygen atoms in total. The quantitative estimate of drug-likeness (QED) is 0.208. The Morgan fingerprint density at radius 2 is 1.61 bits per heavy atom. The van der Waals surface area contributed by atoms with Crippen LogP contribution in [-0.4, -0.2) is 77.7 Å². The fraction of sp³-hybridized carbons (Fsp3) is 0.846. The fourth-order valence-corrected chi connectivity index (χ4v) is 7.76. The molecule has 2 aliphatic rings. The molecule has 0 saturated carbocycles. The lowest BCUT2D eigenvalue weighted by atomic mass is 9.89. The Hall–Kier alpha value is -1.18. The third-order valence-corrected chi connectivity index (χ3v) is 18.7. The number of rotatable bonds is 11. The molecule has 2 N–H and O–H groups in total. The van der Waals surface area contributed by atoms with Crippen molar-refractivity contribution in [3.05, 3.63) is 23.0 Å². The molecule has 41 heavy (non-hydrogen) atoms. The van der Waals surface area contributed by atoms with Crippen LogP contribution in [0.1, 0.15) is 73.6 Å². The molecule has 1 aromatic heterocycles. The highest BCUT2D eigenvalue weighted by molar-refractivity contribution is 7.90. The highest BCUT2D eigenvalue weighted by Gasteiger charge is 2.67. The van der Waals surface area contributed by atoms with Crippen molar-refractivity contribution in [2.45, 2.75) is 122 Å². The Balaban J connectivity index is 2.15. The van der Waals surface area contributed by atoms with Gasteiger partial charge < -0.3 is 28.8 Å². The van der Waals surface area contributed by atoms with Crippen LogP contribution in [0.2, 0.25) is 36.3 Å². The average Bonchev–Trinajstić information content (AvgIpc) is 3.46. The second-order valence-corrected chi connectivity index (χ2v) is 24.6. The summed E-state index contributed by atoms with van der Waals surface area (Å²) in [6.45, 7) is 25.7. The van der Waals surface area contributed by atoms with E-state index in [0.717, 1.165) is 5.41 Å². The lowest BCUT2D eigenvalue weighted by Gasteiger charge is -2.43. The fourth-order valence-electron chi connectivity index (χ4n) is 4.25. The van der Waals surface area contributed by atoms with Crippen LogP contribution in [0, 0.1) is 0 Å². The predicted octanol–water partition coefficient (Wildman–Crippen LogP) is 4.56. The Kier molecular flexibility index (Phi) is 9.81. The zero-order valence-corrected chi connectivity index (χ0v) is 29.5. The summed E-state index contributed by atoms with van der Waals surface area (Å²) in [5, 5.41) is 9.28. The van der Waals surface area contributed by atoms with E-state index in [9.17, 15) is 8.42 Å². The van der Waals surface area contributed by atoms with Gasteiger partial charge in [0.05, 0.1) is 23.9 Å². The number of hydrogen-bond donors (Lipinski definition) is 1. The van der Waals surface area contributed by atoms with Gasteiger partial charge in [-0.1, -0.05) is 46.8 Å². The minimum atomic E-state index is -4.12. The van der Waals surface area contributed by atoms with Gasteiger partial charge in [-0.3, -0.25) is 0 Å². The van der Waals surface area contributed by atoms with Crippen molar-refractivity contribution in [3.63, 3.8) is 0 Å². The van der Waals surface area contributed by atoms with Crippen LogP contribution in [0.15, 0.2) is 17.3 Å². The highest BCUT2D eigenvalue weighted by atomic mass is 32.2. The third kappa shape index (κ3) is 6.83. The number of aromatic nitrogens is 3. The van der Waals surface area contributed by atoms with Crippen molar-refractivity contribution in [1.29, 1.82) is 0 Å². The summed E-state index contributed by atoms with van der Waals surface area (Å²) in [7, 11) is -8.94. The van der Waals surface area contributed by atoms with Gasteiger partial charge in [0.15, 0.2) is 28.5 Å². The van der Waals surface area contributed by atoms with E-state index in [1.54, 1.807) is 6.20 Å². The van der Waals surface area contributed by atoms with Crippen molar-refractivity contribution in [2.24, 2.45) is 5.73 Å². The van der Waals surface area contributed by atoms with E-state index in [1.165, 1.54) is 4.68 Å². The molecule has 0 bridgehead atoms. The van der Waals surface area contributed by atoms with Gasteiger partial charge >= 0.3 is 0 Å². The summed E-state index contributed by atoms with van der Waals surface area (Å²) in [5.74, 6) is 0. The van der Waals surface area contributed by atoms with Gasteiger partial charge in [0, 0.05) is 13.2 Å². The first-order valence-corrected chi connectivity index (χ1v) is 21.5. The Morgan fingerprint density at radius 3 is 2.07 bits per heavy atom. The van der Waals surface area contributed by atoms with Crippen LogP contribution in [-0.2, 0) is 37.4 Å². The number of hydrogen-bond acceptors (Lipinski definition) is 11. The van der Waals surface area contributed by atoms with Crippen LogP contribution in [0.3, 0.4) is 0 Å². The second-order valence-electron chi connectivity index (χ2n) is 13.7. The first-order valence-electron chi connectivity index (χ1n) is 14.2. The largest absolute Gasteiger partial charge is 0.414 e. The Morgan fingerprint density at radius 1 is 1.05 bits per heavy atom. The normalized spacial score (nSPS) is 27.2. The lowest BCUT2D eigenvalue weighted by molar-refractivity contribution is -0.142. The third-order valence-electron chi connectivity index (χ3n) is 8.74. The van der Waals surface area contributed by atoms with Crippen LogP contribution < -0.4 is 5.73 Å². The smallest absolute Gasteiger partial charge is 0.292 e. The standard InChI is InChI=1S/C26H50N4O8SSi2/c1-13-33-23(34-14-2)18-15-30(29-28-18)22-21(37-41(11,12)25(6,7)8)26(19(27)17-39(31,32)38-26)20(36-22)16-35-40(9,10)24(3,4)5/h15,17,20-23H,13-14,16,27H2,1-12H3. The minimum absolute atomic E-state index is 0.00869. The molecule has 0 aliphatic carbocycles. The zero-order chi connectivity index (χ0) is 31.2. The monoisotopic (exact) mass is 634 g/mol. The van der Waals surface area contributed by atoms with E-state index < -0.39 is 57.1 Å². The number of ether oxygens (including phenoxy) is 3. The van der Waals surface area contributed by atoms with E-state index >= 15 is 0 Å². The molecule has 0 aromatic carbocycles. The van der Waals surface area contributed by atoms with Gasteiger partial charge in [-0.2, -0.15) is 8.42 Å². The first kappa shape index (κ1) is 34.3. The average molecular weight is 635 g/mol. The first-order chi connectivity index (χ1) is 18.6. The summed E-state index contributed by atoms with van der Waals surface area (Å²) in [6.07, 6.45) is -1.87. The van der Waals surface area contributed by atoms with Gasteiger partial charge in [0.1, 0.15) is 17.9 Å². The van der Waals surface area contributed by atoms with Gasteiger partial charge in [0.25, 0.3) is 10.1 Å². The van der Waals surface area contributed by atoms with Crippen molar-refractivity contribution < 1.29 is 35.7 Å². The zero-order valence-electron chi connectivity index (χ0n) is 26.7. The Bertz CT molecular complexity index is 1200. The molecule has 4 unspecified atom stereocenters. The van der Waals surface area contributed by atoms with Crippen LogP contribution in [0.25, 0.3) is 0 Å². The minimum Gasteiger partial charge on any atom is -0.414 e. The van der Waals surface area contributed by atoms with E-state index in [0.29, 0.717) is 18.9 Å². The molecule has 3 heterocycles. The van der Waals surface area contributed by atoms with Crippen molar-refractivity contribution >= 4 is 26.8 Å². The van der Waals surface area contributed by atoms with E-state index in [-0.39, 0.29) is 22.4 Å². The second kappa shape index (κ2) is 11.7. The molecule has 1 spiro atoms. The molecule has 1 fully saturated rings. The lowest BCUT2D eigenvalue weighted by Crippen LogP contribution is -2.59. The van der Waals surface area contributed by atoms with Crippen LogP contribution in [0.4, 0.5) is 0 Å². The molecular weight excluding hydrogens is 585 g/mol. The van der Waals surface area contributed by atoms with Gasteiger partial charge in [-0.05, 0) is 50.1 Å². The summed E-state index contributed by atoms with van der Waals surface area (Å²) >= 11 is 0. The van der Waals surface area contributed by atoms with Crippen molar-refractivity contribution in [2.75, 3.05) is 19.8 Å². The molecular formula is C26H50N4O8SSi2. The van der Waals surface area contributed by atoms with Crippen LogP contribution in [0.5, 0.6) is 0 Å². The summed E-state index contributed by atoms with van der Waals surface area (Å²) in [5.41, 5.74) is 5.34. The molecule has 0 amide bonds. The molecule has 4 atom stereocenters. The molecule has 236 valence electrons. The van der Waals surface area contributed by atoms with E-state index in [2.05, 4.69) is 78.0 Å². The van der Waals surface area contributed by atoms with Crippen molar-refractivity contribution in [1.82, 2.24) is 15.0 Å². The summed E-state index contributed by atoms with van der Waals surface area (Å²) in [4.78, 5) is 0. The molecule has 1 saturated heterocycles. The highest BCUT2D eigenvalue weighted by Crippen LogP contribution is 2.52. The maximum absolute atomic E-state index is 12.9. The van der Waals surface area contributed by atoms with Gasteiger partial charge in [0.2, 0.25) is 6.29 Å². The molecule has 1 aromatic rings. The molecule has 0 radical (unpaired) electrons. The molecule has 2 aliphatic heterocycles. The van der Waals surface area contributed by atoms with Gasteiger partial charge in [-0.25, -0.2) is 8.86 Å². The topological polar surface area (TPSA) is 146 Å². The predicted molar refractivity (Wildman–Crippen MR) is 160 cm³/mol. The van der Waals surface area contributed by atoms with Crippen LogP contribution >= 0.6 is 0 Å². The SMILES string of the molecule is CCOC(OCC)c1cn(C2OC(CO[Si](C)(C)C(C)(C)C)C3(OS(=O)(=O)C=C3N)C2O[Si](C)(C)C(C)(C)C)nn1. The van der Waals surface area contributed by atoms with E-state index in [4.69, 9.17) is 33.0 Å².